The summed E-state index contributed by atoms with van der Waals surface area (Å²) in [6, 6.07) is 16.8. The van der Waals surface area contributed by atoms with Crippen molar-refractivity contribution in [1.82, 2.24) is 14.9 Å². The number of sulfonamides is 1. The molecule has 0 fully saturated rings. The van der Waals surface area contributed by atoms with Crippen molar-refractivity contribution < 1.29 is 22.7 Å². The SMILES string of the molecule is CNC(=O)c1ccc(-c2nc3cc(NS(=O)(=O)c4cc(OC)ccc4OC)ccc3n2C)cc1. The number of benzene rings is 3. The Morgan fingerprint density at radius 1 is 0.971 bits per heavy atom. The first kappa shape index (κ1) is 23.1. The molecule has 0 bridgehead atoms. The van der Waals surface area contributed by atoms with Gasteiger partial charge in [-0.2, -0.15) is 0 Å². The highest BCUT2D eigenvalue weighted by Gasteiger charge is 2.21. The van der Waals surface area contributed by atoms with Crippen LogP contribution in [0.3, 0.4) is 0 Å². The van der Waals surface area contributed by atoms with Crippen molar-refractivity contribution >= 4 is 32.7 Å². The number of carbonyl (C=O) groups is 1. The number of hydrogen-bond acceptors (Lipinski definition) is 6. The number of ether oxygens (including phenoxy) is 2. The molecule has 0 aliphatic heterocycles. The number of aryl methyl sites for hydroxylation is 1. The average molecular weight is 481 g/mol. The van der Waals surface area contributed by atoms with Crippen LogP contribution in [0.5, 0.6) is 11.5 Å². The third-order valence-corrected chi connectivity index (χ3v) is 6.83. The Labute approximate surface area is 197 Å². The lowest BCUT2D eigenvalue weighted by molar-refractivity contribution is 0.0963. The first-order valence-electron chi connectivity index (χ1n) is 10.3. The van der Waals surface area contributed by atoms with Crippen molar-refractivity contribution in [2.45, 2.75) is 4.90 Å². The number of amides is 1. The van der Waals surface area contributed by atoms with Gasteiger partial charge in [0, 0.05) is 31.3 Å². The molecule has 0 unspecified atom stereocenters. The van der Waals surface area contributed by atoms with Gasteiger partial charge in [-0.15, -0.1) is 0 Å². The second-order valence-electron chi connectivity index (χ2n) is 7.48. The summed E-state index contributed by atoms with van der Waals surface area (Å²) in [7, 11) is 2.37. The first-order valence-corrected chi connectivity index (χ1v) is 11.8. The van der Waals surface area contributed by atoms with Gasteiger partial charge in [-0.1, -0.05) is 12.1 Å². The Morgan fingerprint density at radius 2 is 1.71 bits per heavy atom. The highest BCUT2D eigenvalue weighted by molar-refractivity contribution is 7.92. The van der Waals surface area contributed by atoms with Crippen molar-refractivity contribution in [3.8, 4) is 22.9 Å². The van der Waals surface area contributed by atoms with E-state index in [4.69, 9.17) is 9.47 Å². The van der Waals surface area contributed by atoms with Crippen LogP contribution in [-0.2, 0) is 17.1 Å². The zero-order valence-corrected chi connectivity index (χ0v) is 19.9. The molecule has 4 aromatic rings. The van der Waals surface area contributed by atoms with Gasteiger partial charge in [0.25, 0.3) is 15.9 Å². The molecule has 3 aromatic carbocycles. The molecule has 9 nitrogen and oxygen atoms in total. The summed E-state index contributed by atoms with van der Waals surface area (Å²) in [6.45, 7) is 0. The Hall–Kier alpha value is -4.05. The number of nitrogens with one attached hydrogen (secondary N) is 2. The number of methoxy groups -OCH3 is 2. The van der Waals surface area contributed by atoms with Crippen LogP contribution in [0, 0.1) is 0 Å². The number of carbonyl (C=O) groups excluding carboxylic acids is 1. The lowest BCUT2D eigenvalue weighted by Crippen LogP contribution is -2.17. The van der Waals surface area contributed by atoms with Gasteiger partial charge in [-0.25, -0.2) is 13.4 Å². The molecule has 0 spiro atoms. The number of anilines is 1. The van der Waals surface area contributed by atoms with E-state index in [1.54, 1.807) is 43.4 Å². The second-order valence-corrected chi connectivity index (χ2v) is 9.13. The molecule has 0 aliphatic rings. The summed E-state index contributed by atoms with van der Waals surface area (Å²) < 4.78 is 41.1. The van der Waals surface area contributed by atoms with Crippen LogP contribution in [0.25, 0.3) is 22.4 Å². The van der Waals surface area contributed by atoms with E-state index in [-0.39, 0.29) is 16.6 Å². The fourth-order valence-electron chi connectivity index (χ4n) is 3.64. The first-order chi connectivity index (χ1) is 16.3. The van der Waals surface area contributed by atoms with Gasteiger partial charge in [-0.3, -0.25) is 9.52 Å². The fourth-order valence-corrected chi connectivity index (χ4v) is 4.88. The molecule has 2 N–H and O–H groups in total. The van der Waals surface area contributed by atoms with Crippen LogP contribution in [0.4, 0.5) is 5.69 Å². The van der Waals surface area contributed by atoms with E-state index in [1.807, 2.05) is 23.7 Å². The summed E-state index contributed by atoms with van der Waals surface area (Å²) in [6.07, 6.45) is 0. The number of aromatic nitrogens is 2. The normalized spacial score (nSPS) is 11.3. The molecule has 10 heteroatoms. The van der Waals surface area contributed by atoms with E-state index in [1.165, 1.54) is 26.4 Å². The zero-order chi connectivity index (χ0) is 24.5. The molecule has 0 aliphatic carbocycles. The van der Waals surface area contributed by atoms with Gasteiger partial charge in [0.15, 0.2) is 0 Å². The summed E-state index contributed by atoms with van der Waals surface area (Å²) in [5.41, 5.74) is 3.18. The van der Waals surface area contributed by atoms with Gasteiger partial charge in [-0.05, 0) is 42.5 Å². The van der Waals surface area contributed by atoms with E-state index < -0.39 is 10.0 Å². The number of imidazole rings is 1. The number of nitrogens with zero attached hydrogens (tertiary/aromatic N) is 2. The Morgan fingerprint density at radius 3 is 2.35 bits per heavy atom. The average Bonchev–Trinajstić information content (AvgIpc) is 3.18. The number of rotatable bonds is 7. The highest BCUT2D eigenvalue weighted by Crippen LogP contribution is 2.31. The standard InChI is InChI=1S/C24H24N4O5S/c1-25-24(29)16-7-5-15(6-8-16)23-26-19-13-17(9-11-20(19)28(23)2)27-34(30,31)22-14-18(32-3)10-12-21(22)33-4/h5-14,27H,1-4H3,(H,25,29). The lowest BCUT2D eigenvalue weighted by Gasteiger charge is -2.13. The molecule has 0 saturated carbocycles. The number of hydrogen-bond donors (Lipinski definition) is 2. The van der Waals surface area contributed by atoms with Crippen molar-refractivity contribution in [2.24, 2.45) is 7.05 Å². The van der Waals surface area contributed by atoms with E-state index in [9.17, 15) is 13.2 Å². The van der Waals surface area contributed by atoms with Crippen molar-refractivity contribution in [3.63, 3.8) is 0 Å². The molecule has 1 aromatic heterocycles. The van der Waals surface area contributed by atoms with Crippen molar-refractivity contribution in [2.75, 3.05) is 26.0 Å². The lowest BCUT2D eigenvalue weighted by atomic mass is 10.1. The largest absolute Gasteiger partial charge is 0.497 e. The molecule has 0 radical (unpaired) electrons. The molecule has 4 rings (SSSR count). The molecule has 34 heavy (non-hydrogen) atoms. The Kier molecular flexibility index (Phi) is 6.16. The minimum Gasteiger partial charge on any atom is -0.497 e. The molecule has 0 atom stereocenters. The number of fused-ring (bicyclic) bond motifs is 1. The zero-order valence-electron chi connectivity index (χ0n) is 19.1. The molecule has 176 valence electrons. The van der Waals surface area contributed by atoms with Crippen LogP contribution < -0.4 is 19.5 Å². The predicted molar refractivity (Wildman–Crippen MR) is 130 cm³/mol. The van der Waals surface area contributed by atoms with Crippen LogP contribution in [0.15, 0.2) is 65.6 Å². The quantitative estimate of drug-likeness (QED) is 0.419. The van der Waals surface area contributed by atoms with Crippen LogP contribution in [0.1, 0.15) is 10.4 Å². The van der Waals surface area contributed by atoms with E-state index in [0.717, 1.165) is 11.1 Å². The maximum Gasteiger partial charge on any atom is 0.265 e. The predicted octanol–water partition coefficient (Wildman–Crippen LogP) is 3.42. The summed E-state index contributed by atoms with van der Waals surface area (Å²) in [4.78, 5) is 16.4. The Balaban J connectivity index is 1.68. The molecule has 0 saturated heterocycles. The third-order valence-electron chi connectivity index (χ3n) is 5.43. The van der Waals surface area contributed by atoms with E-state index in [2.05, 4.69) is 15.0 Å². The van der Waals surface area contributed by atoms with Crippen LogP contribution >= 0.6 is 0 Å². The Bertz CT molecular complexity index is 1480. The topological polar surface area (TPSA) is 112 Å². The monoisotopic (exact) mass is 480 g/mol. The van der Waals surface area contributed by atoms with Gasteiger partial charge in [0.05, 0.1) is 30.9 Å². The maximum absolute atomic E-state index is 13.1. The van der Waals surface area contributed by atoms with Crippen LogP contribution in [-0.4, -0.2) is 45.1 Å². The van der Waals surface area contributed by atoms with Gasteiger partial charge in [0.1, 0.15) is 22.2 Å². The molecular formula is C24H24N4O5S. The smallest absolute Gasteiger partial charge is 0.265 e. The van der Waals surface area contributed by atoms with Crippen molar-refractivity contribution in [3.05, 3.63) is 66.2 Å². The summed E-state index contributed by atoms with van der Waals surface area (Å²) in [5.74, 6) is 1.12. The third kappa shape index (κ3) is 4.27. The maximum atomic E-state index is 13.1. The second kappa shape index (κ2) is 9.06. The van der Waals surface area contributed by atoms with Crippen LogP contribution in [0.2, 0.25) is 0 Å². The van der Waals surface area contributed by atoms with E-state index in [0.29, 0.717) is 28.3 Å². The van der Waals surface area contributed by atoms with Crippen molar-refractivity contribution in [1.29, 1.82) is 0 Å². The van der Waals surface area contributed by atoms with Gasteiger partial charge in [0.2, 0.25) is 0 Å². The van der Waals surface area contributed by atoms with Gasteiger partial charge >= 0.3 is 0 Å². The summed E-state index contributed by atoms with van der Waals surface area (Å²) >= 11 is 0. The minimum atomic E-state index is -3.96. The summed E-state index contributed by atoms with van der Waals surface area (Å²) in [5, 5.41) is 2.59. The fraction of sp³-hybridized carbons (Fsp3) is 0.167. The molecule has 1 amide bonds. The van der Waals surface area contributed by atoms with Gasteiger partial charge < -0.3 is 19.4 Å². The molecule has 1 heterocycles. The minimum absolute atomic E-state index is 0.0348. The van der Waals surface area contributed by atoms with E-state index >= 15 is 0 Å². The molecular weight excluding hydrogens is 456 g/mol. The highest BCUT2D eigenvalue weighted by atomic mass is 32.2.